The van der Waals surface area contributed by atoms with Gasteiger partial charge in [0, 0.05) is 34.5 Å². The van der Waals surface area contributed by atoms with Crippen LogP contribution >= 0.6 is 0 Å². The number of aryl methyl sites for hydroxylation is 3. The van der Waals surface area contributed by atoms with Crippen molar-refractivity contribution >= 4 is 17.3 Å². The van der Waals surface area contributed by atoms with Crippen LogP contribution in [0.3, 0.4) is 0 Å². The summed E-state index contributed by atoms with van der Waals surface area (Å²) in [4.78, 5) is 41.6. The molecule has 0 unspecified atom stereocenters. The molecule has 8 nitrogen and oxygen atoms in total. The summed E-state index contributed by atoms with van der Waals surface area (Å²) >= 11 is 0. The predicted molar refractivity (Wildman–Crippen MR) is 162 cm³/mol. The number of carbonyl (C=O) groups is 1. The van der Waals surface area contributed by atoms with Crippen LogP contribution in [-0.4, -0.2) is 20.5 Å². The van der Waals surface area contributed by atoms with Crippen molar-refractivity contribution in [3.63, 3.8) is 0 Å². The number of rotatable bonds is 5. The smallest absolute Gasteiger partial charge is 0.276 e. The van der Waals surface area contributed by atoms with Gasteiger partial charge in [-0.05, 0) is 73.9 Å². The van der Waals surface area contributed by atoms with Gasteiger partial charge in [-0.3, -0.25) is 24.3 Å². The average molecular weight is 558 g/mol. The van der Waals surface area contributed by atoms with E-state index in [-0.39, 0.29) is 35.1 Å². The summed E-state index contributed by atoms with van der Waals surface area (Å²) in [6.07, 6.45) is 0. The first-order chi connectivity index (χ1) is 20.2. The third-order valence-corrected chi connectivity index (χ3v) is 7.75. The van der Waals surface area contributed by atoms with Crippen molar-refractivity contribution in [1.29, 1.82) is 0 Å². The fraction of sp³-hybridized carbons (Fsp3) is 0.118. The van der Waals surface area contributed by atoms with Gasteiger partial charge < -0.3 is 10.0 Å². The van der Waals surface area contributed by atoms with Crippen LogP contribution in [0.4, 0.5) is 11.4 Å². The quantitative estimate of drug-likeness (QED) is 0.188. The van der Waals surface area contributed by atoms with Gasteiger partial charge in [0.15, 0.2) is 0 Å². The summed E-state index contributed by atoms with van der Waals surface area (Å²) in [5.74, 6) is -0.368. The van der Waals surface area contributed by atoms with Crippen LogP contribution in [0.1, 0.15) is 32.7 Å². The highest BCUT2D eigenvalue weighted by Crippen LogP contribution is 2.44. The normalized spacial score (nSPS) is 12.5. The molecule has 0 saturated heterocycles. The van der Waals surface area contributed by atoms with E-state index in [9.17, 15) is 24.8 Å². The second kappa shape index (κ2) is 10.2. The number of nitrogens with zero attached hydrogens (tertiary/aromatic N) is 3. The summed E-state index contributed by atoms with van der Waals surface area (Å²) in [7, 11) is 0. The first-order valence-electron chi connectivity index (χ1n) is 13.5. The number of benzene rings is 4. The molecule has 0 fully saturated rings. The van der Waals surface area contributed by atoms with Crippen LogP contribution in [0.25, 0.3) is 27.9 Å². The van der Waals surface area contributed by atoms with Crippen LogP contribution in [0, 0.1) is 30.9 Å². The van der Waals surface area contributed by atoms with Gasteiger partial charge in [0.05, 0.1) is 22.7 Å². The van der Waals surface area contributed by atoms with E-state index in [4.69, 9.17) is 0 Å². The zero-order valence-electron chi connectivity index (χ0n) is 23.3. The van der Waals surface area contributed by atoms with Gasteiger partial charge in [-0.15, -0.1) is 0 Å². The van der Waals surface area contributed by atoms with Crippen LogP contribution in [0.2, 0.25) is 0 Å². The lowest BCUT2D eigenvalue weighted by Gasteiger charge is -2.21. The lowest BCUT2D eigenvalue weighted by molar-refractivity contribution is -0.384. The zero-order valence-corrected chi connectivity index (χ0v) is 23.3. The molecule has 208 valence electrons. The number of carbonyl (C=O) groups excluding carboxylic acids is 1. The number of phenols is 1. The molecule has 8 heteroatoms. The van der Waals surface area contributed by atoms with Crippen molar-refractivity contribution in [1.82, 2.24) is 4.57 Å². The number of non-ortho nitro benzene ring substituents is 1. The summed E-state index contributed by atoms with van der Waals surface area (Å²) in [5, 5.41) is 22.5. The molecule has 0 saturated carbocycles. The van der Waals surface area contributed by atoms with Crippen LogP contribution in [-0.2, 0) is 6.54 Å². The van der Waals surface area contributed by atoms with Crippen molar-refractivity contribution in [3.05, 3.63) is 139 Å². The molecule has 42 heavy (non-hydrogen) atoms. The van der Waals surface area contributed by atoms with E-state index in [0.29, 0.717) is 27.9 Å². The van der Waals surface area contributed by atoms with Crippen LogP contribution < -0.4 is 10.5 Å². The van der Waals surface area contributed by atoms with E-state index in [0.717, 1.165) is 22.4 Å². The Morgan fingerprint density at radius 2 is 1.48 bits per heavy atom. The Morgan fingerprint density at radius 3 is 2.12 bits per heavy atom. The van der Waals surface area contributed by atoms with Gasteiger partial charge in [-0.2, -0.15) is 0 Å². The Kier molecular flexibility index (Phi) is 6.46. The molecular weight excluding hydrogens is 530 g/mol. The number of para-hydroxylation sites is 2. The molecule has 1 amide bonds. The summed E-state index contributed by atoms with van der Waals surface area (Å²) < 4.78 is 1.43. The number of aromatic hydroxyl groups is 1. The van der Waals surface area contributed by atoms with Gasteiger partial charge in [0.2, 0.25) is 0 Å². The van der Waals surface area contributed by atoms with E-state index in [1.54, 1.807) is 47.4 Å². The van der Waals surface area contributed by atoms with Crippen molar-refractivity contribution in [2.45, 2.75) is 27.3 Å². The molecule has 1 aromatic heterocycles. The van der Waals surface area contributed by atoms with E-state index in [1.165, 1.54) is 28.8 Å². The molecule has 0 bridgehead atoms. The fourth-order valence-electron chi connectivity index (χ4n) is 5.86. The van der Waals surface area contributed by atoms with Crippen LogP contribution in [0.15, 0.2) is 95.8 Å². The molecule has 1 N–H and O–H groups in total. The van der Waals surface area contributed by atoms with Gasteiger partial charge in [0.25, 0.3) is 17.2 Å². The molecule has 2 heterocycles. The van der Waals surface area contributed by atoms with E-state index in [2.05, 4.69) is 0 Å². The highest BCUT2D eigenvalue weighted by atomic mass is 16.6. The van der Waals surface area contributed by atoms with Crippen molar-refractivity contribution < 1.29 is 14.8 Å². The highest BCUT2D eigenvalue weighted by Gasteiger charge is 2.38. The molecule has 6 rings (SSSR count). The number of anilines is 1. The summed E-state index contributed by atoms with van der Waals surface area (Å²) in [5.41, 5.74) is 5.71. The topological polar surface area (TPSA) is 106 Å². The number of phenolic OH excluding ortho intramolecular Hbond substituents is 1. The Labute approximate surface area is 241 Å². The molecule has 0 radical (unpaired) electrons. The van der Waals surface area contributed by atoms with E-state index >= 15 is 0 Å². The van der Waals surface area contributed by atoms with Gasteiger partial charge in [-0.25, -0.2) is 0 Å². The third-order valence-electron chi connectivity index (χ3n) is 7.75. The van der Waals surface area contributed by atoms with Gasteiger partial charge in [-0.1, -0.05) is 48.0 Å². The highest BCUT2D eigenvalue weighted by molar-refractivity contribution is 6.12. The second-order valence-corrected chi connectivity index (χ2v) is 10.5. The van der Waals surface area contributed by atoms with Crippen molar-refractivity contribution in [2.24, 2.45) is 0 Å². The Balaban J connectivity index is 1.76. The van der Waals surface area contributed by atoms with Gasteiger partial charge in [0.1, 0.15) is 11.4 Å². The molecule has 0 spiro atoms. The van der Waals surface area contributed by atoms with Crippen molar-refractivity contribution in [2.75, 3.05) is 4.90 Å². The number of hydrogen-bond acceptors (Lipinski definition) is 5. The standard InChI is InChI=1S/C34H27N3O5/c1-20-12-17-28(38)26(18-20)30-27-19-35(31-21(2)8-7-9-22(31)3)34(40)32(27)36(24-10-5-4-6-11-24)33(39)29(30)23-13-15-25(16-14-23)37(41)42/h4-18,38H,19H2,1-3H3. The molecule has 1 aliphatic heterocycles. The Hall–Kier alpha value is -5.50. The molecule has 1 aliphatic rings. The van der Waals surface area contributed by atoms with Crippen LogP contribution in [0.5, 0.6) is 5.75 Å². The lowest BCUT2D eigenvalue weighted by atomic mass is 9.89. The maximum Gasteiger partial charge on any atom is 0.276 e. The zero-order chi connectivity index (χ0) is 29.7. The summed E-state index contributed by atoms with van der Waals surface area (Å²) in [6.45, 7) is 5.93. The first-order valence-corrected chi connectivity index (χ1v) is 13.5. The first kappa shape index (κ1) is 26.7. The molecule has 0 aliphatic carbocycles. The lowest BCUT2D eigenvalue weighted by Crippen LogP contribution is -2.30. The Bertz CT molecular complexity index is 1940. The average Bonchev–Trinajstić information content (AvgIpc) is 3.30. The maximum absolute atomic E-state index is 14.6. The number of nitro benzene ring substituents is 1. The predicted octanol–water partition coefficient (Wildman–Crippen LogP) is 6.87. The summed E-state index contributed by atoms with van der Waals surface area (Å²) in [6, 6.07) is 25.7. The molecule has 0 atom stereocenters. The second-order valence-electron chi connectivity index (χ2n) is 10.5. The molecular formula is C34H27N3O5. The minimum absolute atomic E-state index is 0.0409. The third kappa shape index (κ3) is 4.25. The maximum atomic E-state index is 14.6. The van der Waals surface area contributed by atoms with E-state index in [1.807, 2.05) is 45.0 Å². The number of fused-ring (bicyclic) bond motifs is 1. The largest absolute Gasteiger partial charge is 0.507 e. The number of pyridine rings is 1. The number of amides is 1. The number of nitro groups is 1. The SMILES string of the molecule is Cc1ccc(O)c(-c2c3c(n(-c4ccccc4)c(=O)c2-c2ccc([N+](=O)[O-])cc2)C(=O)N(c2c(C)cccc2C)C3)c1. The van der Waals surface area contributed by atoms with Crippen molar-refractivity contribution in [3.8, 4) is 33.7 Å². The minimum Gasteiger partial charge on any atom is -0.507 e. The van der Waals surface area contributed by atoms with E-state index < -0.39 is 10.5 Å². The fourth-order valence-corrected chi connectivity index (χ4v) is 5.86. The Morgan fingerprint density at radius 1 is 0.810 bits per heavy atom. The molecule has 4 aromatic carbocycles. The monoisotopic (exact) mass is 557 g/mol. The molecule has 5 aromatic rings. The number of aromatic nitrogens is 1. The minimum atomic E-state index is -0.497. The number of hydrogen-bond donors (Lipinski definition) is 1. The van der Waals surface area contributed by atoms with Gasteiger partial charge >= 0.3 is 0 Å².